The van der Waals surface area contributed by atoms with Crippen molar-refractivity contribution in [1.82, 2.24) is 4.98 Å². The smallest absolute Gasteiger partial charge is 0.136 e. The first-order valence-corrected chi connectivity index (χ1v) is 9.38. The zero-order valence-electron chi connectivity index (χ0n) is 12.1. The van der Waals surface area contributed by atoms with Gasteiger partial charge in [-0.25, -0.2) is 4.98 Å². The van der Waals surface area contributed by atoms with E-state index in [-0.39, 0.29) is 5.02 Å². The molecule has 3 aromatic rings. The van der Waals surface area contributed by atoms with Crippen molar-refractivity contribution in [2.45, 2.75) is 0 Å². The summed E-state index contributed by atoms with van der Waals surface area (Å²) in [7, 11) is 0. The van der Waals surface area contributed by atoms with Gasteiger partial charge in [0.15, 0.2) is 0 Å². The van der Waals surface area contributed by atoms with Crippen molar-refractivity contribution in [2.24, 2.45) is 0 Å². The molecule has 25 heavy (non-hydrogen) atoms. The molecule has 0 fully saturated rings. The Morgan fingerprint density at radius 1 is 0.520 bits per heavy atom. The van der Waals surface area contributed by atoms with Crippen LogP contribution < -0.4 is 0 Å². The maximum Gasteiger partial charge on any atom is 0.136 e. The average molecular weight is 472 g/mol. The standard InChI is InChI=1S/C17H6Cl7N/c18-11-2-7(3-12(19)15(11)22)9-1-10(17(24)25-6-9)8-4-13(20)16(23)14(21)5-8/h1-6H. The molecule has 8 heteroatoms. The van der Waals surface area contributed by atoms with Crippen LogP contribution in [0.2, 0.25) is 35.3 Å². The molecule has 0 radical (unpaired) electrons. The lowest BCUT2D eigenvalue weighted by Gasteiger charge is -2.11. The SMILES string of the molecule is Clc1cc(-c2cnc(Cl)c(-c3cc(Cl)c(Cl)c(Cl)c3)c2)cc(Cl)c1Cl. The van der Waals surface area contributed by atoms with Crippen LogP contribution in [0.25, 0.3) is 22.3 Å². The van der Waals surface area contributed by atoms with Crippen LogP contribution in [0.4, 0.5) is 0 Å². The van der Waals surface area contributed by atoms with Crippen molar-refractivity contribution in [1.29, 1.82) is 0 Å². The summed E-state index contributed by atoms with van der Waals surface area (Å²) in [5.74, 6) is 0. The van der Waals surface area contributed by atoms with Crippen molar-refractivity contribution in [2.75, 3.05) is 0 Å². The number of benzene rings is 2. The van der Waals surface area contributed by atoms with Gasteiger partial charge in [0.2, 0.25) is 0 Å². The Morgan fingerprint density at radius 3 is 1.44 bits per heavy atom. The Bertz CT molecular complexity index is 939. The van der Waals surface area contributed by atoms with Gasteiger partial charge in [-0.3, -0.25) is 0 Å². The summed E-state index contributed by atoms with van der Waals surface area (Å²) in [6.45, 7) is 0. The molecule has 0 saturated heterocycles. The molecule has 0 aliphatic rings. The minimum atomic E-state index is 0.281. The van der Waals surface area contributed by atoms with E-state index in [1.54, 1.807) is 30.5 Å². The number of aromatic nitrogens is 1. The third-order valence-corrected chi connectivity index (χ3v) is 6.15. The van der Waals surface area contributed by atoms with Gasteiger partial charge in [-0.1, -0.05) is 81.2 Å². The average Bonchev–Trinajstić information content (AvgIpc) is 2.57. The van der Waals surface area contributed by atoms with Gasteiger partial charge in [0.05, 0.1) is 30.1 Å². The maximum atomic E-state index is 6.25. The Labute approximate surface area is 179 Å². The minimum Gasteiger partial charge on any atom is -0.243 e. The van der Waals surface area contributed by atoms with E-state index < -0.39 is 0 Å². The molecule has 0 bridgehead atoms. The summed E-state index contributed by atoms with van der Waals surface area (Å²) < 4.78 is 0. The lowest BCUT2D eigenvalue weighted by molar-refractivity contribution is 1.33. The molecule has 0 unspecified atom stereocenters. The molecule has 0 saturated carbocycles. The van der Waals surface area contributed by atoms with E-state index in [2.05, 4.69) is 4.98 Å². The molecule has 0 N–H and O–H groups in total. The maximum absolute atomic E-state index is 6.25. The van der Waals surface area contributed by atoms with E-state index in [1.165, 1.54) is 0 Å². The van der Waals surface area contributed by atoms with Gasteiger partial charge in [0.25, 0.3) is 0 Å². The third kappa shape index (κ3) is 3.99. The van der Waals surface area contributed by atoms with Crippen LogP contribution in [-0.4, -0.2) is 4.98 Å². The summed E-state index contributed by atoms with van der Waals surface area (Å²) in [6, 6.07) is 8.58. The van der Waals surface area contributed by atoms with Crippen molar-refractivity contribution < 1.29 is 0 Å². The fourth-order valence-corrected chi connectivity index (χ4v) is 3.65. The molecule has 0 aliphatic heterocycles. The lowest BCUT2D eigenvalue weighted by Crippen LogP contribution is -1.88. The summed E-state index contributed by atoms with van der Waals surface area (Å²) in [6.07, 6.45) is 1.61. The first kappa shape index (κ1) is 19.4. The zero-order valence-corrected chi connectivity index (χ0v) is 17.3. The second-order valence-electron chi connectivity index (χ2n) is 5.07. The van der Waals surface area contributed by atoms with Gasteiger partial charge in [0, 0.05) is 17.3 Å². The number of halogens is 7. The van der Waals surface area contributed by atoms with Crippen LogP contribution in [0.15, 0.2) is 36.5 Å². The Morgan fingerprint density at radius 2 is 0.960 bits per heavy atom. The number of nitrogens with zero attached hydrogens (tertiary/aromatic N) is 1. The Balaban J connectivity index is 2.17. The first-order chi connectivity index (χ1) is 11.8. The molecule has 0 atom stereocenters. The summed E-state index contributed by atoms with van der Waals surface area (Å²) >= 11 is 42.7. The van der Waals surface area contributed by atoms with Gasteiger partial charge < -0.3 is 0 Å². The molecule has 128 valence electrons. The summed E-state index contributed by atoms with van der Waals surface area (Å²) in [4.78, 5) is 4.22. The van der Waals surface area contributed by atoms with Crippen molar-refractivity contribution in [3.05, 3.63) is 71.8 Å². The number of rotatable bonds is 2. The highest BCUT2D eigenvalue weighted by Gasteiger charge is 2.14. The highest BCUT2D eigenvalue weighted by atomic mass is 35.5. The largest absolute Gasteiger partial charge is 0.243 e. The van der Waals surface area contributed by atoms with Gasteiger partial charge in [-0.05, 0) is 41.5 Å². The highest BCUT2D eigenvalue weighted by Crippen LogP contribution is 2.39. The molecular weight excluding hydrogens is 466 g/mol. The van der Waals surface area contributed by atoms with E-state index >= 15 is 0 Å². The summed E-state index contributed by atoms with van der Waals surface area (Å²) in [5.41, 5.74) is 2.82. The number of hydrogen-bond acceptors (Lipinski definition) is 1. The third-order valence-electron chi connectivity index (χ3n) is 3.45. The van der Waals surface area contributed by atoms with Crippen LogP contribution in [-0.2, 0) is 0 Å². The summed E-state index contributed by atoms with van der Waals surface area (Å²) in [5, 5.41) is 2.21. The number of hydrogen-bond donors (Lipinski definition) is 0. The van der Waals surface area contributed by atoms with Gasteiger partial charge >= 0.3 is 0 Å². The van der Waals surface area contributed by atoms with E-state index in [4.69, 9.17) is 81.2 Å². The monoisotopic (exact) mass is 469 g/mol. The molecule has 0 aliphatic carbocycles. The predicted octanol–water partition coefficient (Wildman–Crippen LogP) is 8.99. The second-order valence-corrected chi connectivity index (χ2v) is 7.81. The van der Waals surface area contributed by atoms with Crippen molar-refractivity contribution in [3.8, 4) is 22.3 Å². The minimum absolute atomic E-state index is 0.281. The van der Waals surface area contributed by atoms with Crippen LogP contribution in [0, 0.1) is 0 Å². The van der Waals surface area contributed by atoms with Crippen molar-refractivity contribution in [3.63, 3.8) is 0 Å². The number of pyridine rings is 1. The van der Waals surface area contributed by atoms with Crippen molar-refractivity contribution >= 4 is 81.2 Å². The van der Waals surface area contributed by atoms with E-state index in [0.29, 0.717) is 41.4 Å². The predicted molar refractivity (Wildman–Crippen MR) is 110 cm³/mol. The molecular formula is C17H6Cl7N. The van der Waals surface area contributed by atoms with E-state index in [9.17, 15) is 0 Å². The van der Waals surface area contributed by atoms with Crippen LogP contribution in [0.5, 0.6) is 0 Å². The Hall–Kier alpha value is -0.380. The molecule has 1 heterocycles. The van der Waals surface area contributed by atoms with Crippen LogP contribution in [0.3, 0.4) is 0 Å². The van der Waals surface area contributed by atoms with Gasteiger partial charge in [-0.15, -0.1) is 0 Å². The zero-order chi connectivity index (χ0) is 18.3. The van der Waals surface area contributed by atoms with Gasteiger partial charge in [-0.2, -0.15) is 0 Å². The van der Waals surface area contributed by atoms with Crippen LogP contribution >= 0.6 is 81.2 Å². The van der Waals surface area contributed by atoms with E-state index in [0.717, 1.165) is 11.1 Å². The molecule has 1 aromatic heterocycles. The van der Waals surface area contributed by atoms with E-state index in [1.807, 2.05) is 6.07 Å². The molecule has 1 nitrogen and oxygen atoms in total. The lowest BCUT2D eigenvalue weighted by atomic mass is 10.0. The molecule has 3 rings (SSSR count). The van der Waals surface area contributed by atoms with Crippen LogP contribution in [0.1, 0.15) is 0 Å². The normalized spacial score (nSPS) is 11.0. The molecule has 0 spiro atoms. The highest BCUT2D eigenvalue weighted by molar-refractivity contribution is 6.49. The fourth-order valence-electron chi connectivity index (χ4n) is 2.24. The first-order valence-electron chi connectivity index (χ1n) is 6.73. The topological polar surface area (TPSA) is 12.9 Å². The quantitative estimate of drug-likeness (QED) is 0.268. The van der Waals surface area contributed by atoms with Gasteiger partial charge in [0.1, 0.15) is 5.15 Å². The second kappa shape index (κ2) is 7.70. The molecule has 2 aromatic carbocycles. The fraction of sp³-hybridized carbons (Fsp3) is 0. The molecule has 0 amide bonds. The Kier molecular flexibility index (Phi) is 5.97.